The number of nitrogens with zero attached hydrogens (tertiary/aromatic N) is 4. The van der Waals surface area contributed by atoms with Gasteiger partial charge in [0.05, 0.1) is 0 Å². The molecule has 0 spiro atoms. The lowest BCUT2D eigenvalue weighted by atomic mass is 10.0. The summed E-state index contributed by atoms with van der Waals surface area (Å²) in [5.41, 5.74) is 5.85. The minimum Gasteiger partial charge on any atom is -0.322 e. The number of carbonyl (C=O) groups is 2. The van der Waals surface area contributed by atoms with Crippen molar-refractivity contribution in [3.63, 3.8) is 0 Å². The van der Waals surface area contributed by atoms with E-state index in [2.05, 4.69) is 35.7 Å². The van der Waals surface area contributed by atoms with Crippen LogP contribution in [0.5, 0.6) is 0 Å². The van der Waals surface area contributed by atoms with Gasteiger partial charge in [0, 0.05) is 45.5 Å². The number of carbonyl (C=O) groups excluding carboxylic acids is 2. The Morgan fingerprint density at radius 2 is 1.04 bits per heavy atom. The third kappa shape index (κ3) is 6.24. The third-order valence-corrected chi connectivity index (χ3v) is 7.47. The van der Waals surface area contributed by atoms with Gasteiger partial charge in [-0.15, -0.1) is 0 Å². The Bertz CT molecular complexity index is 1980. The number of rotatable bonds is 9. The van der Waals surface area contributed by atoms with Crippen LogP contribution in [0.2, 0.25) is 0 Å². The van der Waals surface area contributed by atoms with Crippen LogP contribution in [0.1, 0.15) is 26.3 Å². The average molecular weight is 602 g/mol. The van der Waals surface area contributed by atoms with E-state index in [1.165, 1.54) is 0 Å². The fourth-order valence-electron chi connectivity index (χ4n) is 5.06. The number of Topliss-reactive ketones (excluding diaryl/α,β-unsaturated/α-hetero) is 1. The van der Waals surface area contributed by atoms with Crippen LogP contribution in [-0.4, -0.2) is 42.1 Å². The third-order valence-electron chi connectivity index (χ3n) is 7.47. The van der Waals surface area contributed by atoms with Gasteiger partial charge in [0.1, 0.15) is 0 Å². The molecule has 0 saturated heterocycles. The molecule has 0 fully saturated rings. The summed E-state index contributed by atoms with van der Waals surface area (Å²) in [6, 6.07) is 41.2. The highest BCUT2D eigenvalue weighted by Crippen LogP contribution is 2.23. The number of nitrogens with one attached hydrogen (secondary N) is 3. The Labute approximate surface area is 264 Å². The predicted octanol–water partition coefficient (Wildman–Crippen LogP) is 7.27. The minimum atomic E-state index is -0.260. The van der Waals surface area contributed by atoms with Crippen LogP contribution in [0.3, 0.4) is 0 Å². The number of hydrogen-bond donors (Lipinski definition) is 3. The molecule has 3 N–H and O–H groups in total. The van der Waals surface area contributed by atoms with Gasteiger partial charge in [-0.05, 0) is 35.9 Å². The summed E-state index contributed by atoms with van der Waals surface area (Å²) in [5, 5.41) is 17.5. The first kappa shape index (κ1) is 28.3. The van der Waals surface area contributed by atoms with Crippen molar-refractivity contribution in [2.75, 3.05) is 5.32 Å². The predicted molar refractivity (Wildman–Crippen MR) is 177 cm³/mol. The van der Waals surface area contributed by atoms with Crippen LogP contribution in [0.25, 0.3) is 45.6 Å². The van der Waals surface area contributed by atoms with Crippen molar-refractivity contribution in [3.05, 3.63) is 150 Å². The monoisotopic (exact) mass is 601 g/mol. The van der Waals surface area contributed by atoms with Gasteiger partial charge >= 0.3 is 0 Å². The van der Waals surface area contributed by atoms with Gasteiger partial charge in [-0.3, -0.25) is 19.8 Å². The van der Waals surface area contributed by atoms with Crippen molar-refractivity contribution in [1.29, 1.82) is 0 Å². The quantitative estimate of drug-likeness (QED) is 0.149. The first-order chi connectivity index (χ1) is 22.6. The minimum absolute atomic E-state index is 0.0309. The van der Waals surface area contributed by atoms with Gasteiger partial charge in [0.15, 0.2) is 29.1 Å². The first-order valence-corrected chi connectivity index (χ1v) is 14.7. The highest BCUT2D eigenvalue weighted by atomic mass is 16.1. The molecule has 9 nitrogen and oxygen atoms in total. The van der Waals surface area contributed by atoms with Crippen molar-refractivity contribution < 1.29 is 9.59 Å². The maximum Gasteiger partial charge on any atom is 0.255 e. The Morgan fingerprint density at radius 3 is 1.61 bits per heavy atom. The van der Waals surface area contributed by atoms with E-state index in [1.807, 2.05) is 97.1 Å². The van der Waals surface area contributed by atoms with Crippen LogP contribution in [0.4, 0.5) is 5.69 Å². The van der Waals surface area contributed by atoms with Crippen LogP contribution >= 0.6 is 0 Å². The Morgan fingerprint density at radius 1 is 0.543 bits per heavy atom. The molecule has 0 saturated carbocycles. The van der Waals surface area contributed by atoms with Crippen molar-refractivity contribution in [3.8, 4) is 45.6 Å². The van der Waals surface area contributed by atoms with E-state index in [0.717, 1.165) is 27.8 Å². The van der Waals surface area contributed by atoms with E-state index in [4.69, 9.17) is 0 Å². The molecule has 0 bridgehead atoms. The summed E-state index contributed by atoms with van der Waals surface area (Å²) < 4.78 is 0. The number of hydrogen-bond acceptors (Lipinski definition) is 6. The van der Waals surface area contributed by atoms with Crippen LogP contribution in [0, 0.1) is 0 Å². The van der Waals surface area contributed by atoms with Crippen molar-refractivity contribution in [1.82, 2.24) is 30.4 Å². The Hall–Kier alpha value is -6.48. The summed E-state index contributed by atoms with van der Waals surface area (Å²) in [6.07, 6.45) is 0.213. The van der Waals surface area contributed by atoms with E-state index in [1.54, 1.807) is 36.4 Å². The van der Waals surface area contributed by atoms with Gasteiger partial charge in [-0.25, -0.2) is 9.97 Å². The normalized spacial score (nSPS) is 10.9. The van der Waals surface area contributed by atoms with E-state index >= 15 is 0 Å². The molecule has 0 unspecified atom stereocenters. The summed E-state index contributed by atoms with van der Waals surface area (Å²) in [7, 11) is 0. The number of aromatic amines is 2. The number of amides is 1. The molecule has 7 aromatic rings. The molecule has 5 aromatic carbocycles. The summed E-state index contributed by atoms with van der Waals surface area (Å²) in [6.45, 7) is 0. The largest absolute Gasteiger partial charge is 0.322 e. The number of H-pyrrole nitrogens is 2. The number of benzene rings is 5. The van der Waals surface area contributed by atoms with Gasteiger partial charge in [-0.1, -0.05) is 103 Å². The van der Waals surface area contributed by atoms with E-state index in [9.17, 15) is 9.59 Å². The lowest BCUT2D eigenvalue weighted by Gasteiger charge is -2.08. The molecule has 46 heavy (non-hydrogen) atoms. The number of aromatic nitrogens is 6. The lowest BCUT2D eigenvalue weighted by Crippen LogP contribution is -2.12. The molecule has 2 aromatic heterocycles. The van der Waals surface area contributed by atoms with Gasteiger partial charge < -0.3 is 5.32 Å². The fraction of sp³-hybridized carbons (Fsp3) is 0.0270. The molecular formula is C37H27N7O2. The zero-order chi connectivity index (χ0) is 31.3. The average Bonchev–Trinajstić information content (AvgIpc) is 3.82. The van der Waals surface area contributed by atoms with Gasteiger partial charge in [0.2, 0.25) is 0 Å². The van der Waals surface area contributed by atoms with Gasteiger partial charge in [-0.2, -0.15) is 10.2 Å². The topological polar surface area (TPSA) is 129 Å². The maximum absolute atomic E-state index is 13.2. The summed E-state index contributed by atoms with van der Waals surface area (Å²) in [4.78, 5) is 35.4. The second kappa shape index (κ2) is 12.6. The van der Waals surface area contributed by atoms with Crippen molar-refractivity contribution in [2.45, 2.75) is 6.42 Å². The molecule has 0 aliphatic carbocycles. The van der Waals surface area contributed by atoms with Gasteiger partial charge in [0.25, 0.3) is 5.91 Å². The molecule has 1 amide bonds. The second-order valence-corrected chi connectivity index (χ2v) is 10.7. The van der Waals surface area contributed by atoms with E-state index in [0.29, 0.717) is 40.1 Å². The smallest absolute Gasteiger partial charge is 0.255 e. The van der Waals surface area contributed by atoms with Crippen LogP contribution in [0.15, 0.2) is 133 Å². The molecule has 0 aliphatic rings. The zero-order valence-electron chi connectivity index (χ0n) is 24.5. The number of anilines is 1. The van der Waals surface area contributed by atoms with Crippen molar-refractivity contribution in [2.24, 2.45) is 0 Å². The zero-order valence-corrected chi connectivity index (χ0v) is 24.5. The van der Waals surface area contributed by atoms with E-state index < -0.39 is 0 Å². The number of ketones is 1. The first-order valence-electron chi connectivity index (χ1n) is 14.7. The maximum atomic E-state index is 13.2. The summed E-state index contributed by atoms with van der Waals surface area (Å²) >= 11 is 0. The molecule has 222 valence electrons. The molecule has 7 rings (SSSR count). The Balaban J connectivity index is 0.989. The summed E-state index contributed by atoms with van der Waals surface area (Å²) in [5.74, 6) is 2.06. The van der Waals surface area contributed by atoms with E-state index in [-0.39, 0.29) is 18.1 Å². The standard InChI is InChI=1S/C37H27N7O2/c45-32(27-13-7-14-28(22-27)35-39-33(41-43-35)25-9-3-1-4-10-25)21-24-17-19-31(20-18-24)38-37(46)30-16-8-15-29(23-30)36-40-34(42-44-36)26-11-5-2-6-12-26/h1-20,22-23H,21H2,(H,38,46)(H,39,41,43)(H,40,42,44). The fourth-order valence-corrected chi connectivity index (χ4v) is 5.06. The Kier molecular flexibility index (Phi) is 7.77. The highest BCUT2D eigenvalue weighted by molar-refractivity contribution is 6.05. The molecule has 0 aliphatic heterocycles. The second-order valence-electron chi connectivity index (χ2n) is 10.7. The molecular weight excluding hydrogens is 574 g/mol. The molecule has 9 heteroatoms. The van der Waals surface area contributed by atoms with Crippen LogP contribution < -0.4 is 5.32 Å². The molecule has 0 radical (unpaired) electrons. The van der Waals surface area contributed by atoms with Crippen molar-refractivity contribution >= 4 is 17.4 Å². The molecule has 2 heterocycles. The van der Waals surface area contributed by atoms with Crippen LogP contribution in [-0.2, 0) is 6.42 Å². The highest BCUT2D eigenvalue weighted by Gasteiger charge is 2.14. The molecule has 0 atom stereocenters. The SMILES string of the molecule is O=C(Cc1ccc(NC(=O)c2cccc(-c3n[nH]c(-c4ccccc4)n3)c2)cc1)c1cccc(-c2n[nH]c(-c3ccccc3)n2)c1. The lowest BCUT2D eigenvalue weighted by molar-refractivity contribution is 0.0990.